The molecule has 2 aliphatic rings. The van der Waals surface area contributed by atoms with Gasteiger partial charge in [0.15, 0.2) is 0 Å². The summed E-state index contributed by atoms with van der Waals surface area (Å²) in [6.45, 7) is -1.67. The lowest BCUT2D eigenvalue weighted by Gasteiger charge is -2.29. The zero-order chi connectivity index (χ0) is 22.1. The largest absolute Gasteiger partial charge is 0.401 e. The lowest BCUT2D eigenvalue weighted by Crippen LogP contribution is -2.47. The van der Waals surface area contributed by atoms with E-state index in [-0.39, 0.29) is 6.54 Å². The second-order valence-corrected chi connectivity index (χ2v) is 8.16. The van der Waals surface area contributed by atoms with Gasteiger partial charge in [-0.15, -0.1) is 0 Å². The molecule has 3 amide bonds. The molecule has 5 nitrogen and oxygen atoms in total. The van der Waals surface area contributed by atoms with Crippen LogP contribution in [0.1, 0.15) is 36.0 Å². The highest BCUT2D eigenvalue weighted by Gasteiger charge is 2.53. The van der Waals surface area contributed by atoms with Gasteiger partial charge in [0.1, 0.15) is 5.54 Å². The van der Waals surface area contributed by atoms with Crippen LogP contribution in [0.3, 0.4) is 0 Å². The predicted octanol–water partition coefficient (Wildman–Crippen LogP) is 4.18. The number of amides is 3. The van der Waals surface area contributed by atoms with Crippen LogP contribution in [-0.4, -0.2) is 41.1 Å². The number of imide groups is 1. The van der Waals surface area contributed by atoms with Gasteiger partial charge in [0.25, 0.3) is 5.91 Å². The first-order chi connectivity index (χ1) is 14.8. The van der Waals surface area contributed by atoms with E-state index >= 15 is 0 Å². The Labute approximate surface area is 178 Å². The fourth-order valence-electron chi connectivity index (χ4n) is 4.55. The molecule has 164 valence electrons. The fraction of sp³-hybridized carbons (Fsp3) is 0.391. The zero-order valence-corrected chi connectivity index (χ0v) is 17.0. The molecule has 1 spiro atoms. The smallest absolute Gasteiger partial charge is 0.319 e. The van der Waals surface area contributed by atoms with E-state index in [1.807, 2.05) is 24.3 Å². The van der Waals surface area contributed by atoms with Gasteiger partial charge < -0.3 is 5.32 Å². The van der Waals surface area contributed by atoms with Crippen molar-refractivity contribution in [3.8, 4) is 0 Å². The molecule has 0 radical (unpaired) electrons. The van der Waals surface area contributed by atoms with Crippen molar-refractivity contribution in [2.45, 2.75) is 43.9 Å². The number of rotatable bonds is 5. The van der Waals surface area contributed by atoms with Crippen LogP contribution in [0.4, 0.5) is 18.0 Å². The van der Waals surface area contributed by atoms with Crippen LogP contribution < -0.4 is 5.32 Å². The molecule has 1 aliphatic heterocycles. The Bertz CT molecular complexity index is 964. The van der Waals surface area contributed by atoms with E-state index in [1.54, 1.807) is 30.3 Å². The first kappa shape index (κ1) is 21.4. The highest BCUT2D eigenvalue weighted by atomic mass is 19.4. The van der Waals surface area contributed by atoms with Crippen molar-refractivity contribution in [2.24, 2.45) is 0 Å². The van der Waals surface area contributed by atoms with Gasteiger partial charge >= 0.3 is 12.2 Å². The van der Waals surface area contributed by atoms with Crippen molar-refractivity contribution >= 4 is 11.9 Å². The summed E-state index contributed by atoms with van der Waals surface area (Å²) in [6, 6.07) is 15.5. The highest BCUT2D eigenvalue weighted by molar-refractivity contribution is 6.07. The van der Waals surface area contributed by atoms with Gasteiger partial charge in [0, 0.05) is 6.54 Å². The van der Waals surface area contributed by atoms with Crippen molar-refractivity contribution in [1.82, 2.24) is 15.1 Å². The van der Waals surface area contributed by atoms with E-state index in [2.05, 4.69) is 5.32 Å². The van der Waals surface area contributed by atoms with Crippen LogP contribution in [0.5, 0.6) is 0 Å². The number of alkyl halides is 3. The molecule has 1 heterocycles. The molecular formula is C23H24F3N3O2. The van der Waals surface area contributed by atoms with Gasteiger partial charge in [-0.2, -0.15) is 13.2 Å². The van der Waals surface area contributed by atoms with E-state index in [1.165, 1.54) is 0 Å². The molecular weight excluding hydrogens is 407 g/mol. The van der Waals surface area contributed by atoms with Crippen LogP contribution in [0, 0.1) is 0 Å². The van der Waals surface area contributed by atoms with Crippen molar-refractivity contribution in [3.63, 3.8) is 0 Å². The number of hydrogen-bond acceptors (Lipinski definition) is 3. The van der Waals surface area contributed by atoms with E-state index in [9.17, 15) is 22.8 Å². The summed E-state index contributed by atoms with van der Waals surface area (Å²) in [5.41, 5.74) is 1.21. The summed E-state index contributed by atoms with van der Waals surface area (Å²) in [6.07, 6.45) is -1.60. The van der Waals surface area contributed by atoms with Gasteiger partial charge in [-0.3, -0.25) is 9.69 Å². The minimum absolute atomic E-state index is 0.0268. The van der Waals surface area contributed by atoms with Crippen molar-refractivity contribution in [1.29, 1.82) is 0 Å². The molecule has 0 saturated carbocycles. The molecule has 4 rings (SSSR count). The first-order valence-electron chi connectivity index (χ1n) is 10.3. The molecule has 1 unspecified atom stereocenters. The van der Waals surface area contributed by atoms with Crippen molar-refractivity contribution in [2.75, 3.05) is 13.2 Å². The zero-order valence-electron chi connectivity index (χ0n) is 17.0. The number of aryl methyl sites for hydroxylation is 1. The van der Waals surface area contributed by atoms with Crippen LogP contribution >= 0.6 is 0 Å². The number of benzene rings is 2. The number of urea groups is 1. The van der Waals surface area contributed by atoms with E-state index in [4.69, 9.17) is 0 Å². The number of halogens is 3. The standard InChI is InChI=1S/C23H24F3N3O2/c24-23(25,26)15-28(14-17-8-2-1-3-9-17)16-29-20(30)22(27-21(29)31)13-7-6-11-18-10-4-5-12-19(18)22/h1-5,8-10,12H,6-7,11,13-16H2,(H,27,31). The van der Waals surface area contributed by atoms with Crippen LogP contribution in [0.2, 0.25) is 0 Å². The number of nitrogens with one attached hydrogen (secondary N) is 1. The maximum absolute atomic E-state index is 13.5. The number of carbonyl (C=O) groups is 2. The summed E-state index contributed by atoms with van der Waals surface area (Å²) in [5, 5.41) is 2.83. The summed E-state index contributed by atoms with van der Waals surface area (Å²) < 4.78 is 39.7. The molecule has 8 heteroatoms. The highest BCUT2D eigenvalue weighted by Crippen LogP contribution is 2.39. The van der Waals surface area contributed by atoms with Gasteiger partial charge in [-0.25, -0.2) is 9.69 Å². The van der Waals surface area contributed by atoms with Gasteiger partial charge in [-0.05, 0) is 42.4 Å². The average molecular weight is 431 g/mol. The Kier molecular flexibility index (Phi) is 5.75. The third kappa shape index (κ3) is 4.44. The maximum atomic E-state index is 13.5. The van der Waals surface area contributed by atoms with Gasteiger partial charge in [0.05, 0.1) is 13.2 Å². The predicted molar refractivity (Wildman–Crippen MR) is 109 cm³/mol. The van der Waals surface area contributed by atoms with Crippen molar-refractivity contribution < 1.29 is 22.8 Å². The second-order valence-electron chi connectivity index (χ2n) is 8.16. The number of hydrogen-bond donors (Lipinski definition) is 1. The Hall–Kier alpha value is -2.87. The minimum atomic E-state index is -4.46. The second kappa shape index (κ2) is 8.34. The molecule has 1 saturated heterocycles. The lowest BCUT2D eigenvalue weighted by molar-refractivity contribution is -0.154. The molecule has 2 aromatic carbocycles. The topological polar surface area (TPSA) is 52.7 Å². The number of carbonyl (C=O) groups excluding carboxylic acids is 2. The molecule has 1 fully saturated rings. The third-order valence-corrected chi connectivity index (χ3v) is 5.89. The van der Waals surface area contributed by atoms with Crippen molar-refractivity contribution in [3.05, 3.63) is 71.3 Å². The number of nitrogens with zero attached hydrogens (tertiary/aromatic N) is 2. The Morgan fingerprint density at radius 3 is 2.45 bits per heavy atom. The average Bonchev–Trinajstić information content (AvgIpc) is 2.86. The summed E-state index contributed by atoms with van der Waals surface area (Å²) in [7, 11) is 0. The number of fused-ring (bicyclic) bond motifs is 2. The first-order valence-corrected chi connectivity index (χ1v) is 10.3. The molecule has 1 aliphatic carbocycles. The monoisotopic (exact) mass is 431 g/mol. The molecule has 2 aromatic rings. The fourth-order valence-corrected chi connectivity index (χ4v) is 4.55. The van der Waals surface area contributed by atoms with E-state index in [0.29, 0.717) is 12.0 Å². The molecule has 1 atom stereocenters. The third-order valence-electron chi connectivity index (χ3n) is 5.89. The summed E-state index contributed by atoms with van der Waals surface area (Å²) >= 11 is 0. The van der Waals surface area contributed by atoms with Crippen LogP contribution in [-0.2, 0) is 23.3 Å². The van der Waals surface area contributed by atoms with Gasteiger partial charge in [0.2, 0.25) is 0 Å². The molecule has 1 N–H and O–H groups in total. The Balaban J connectivity index is 1.62. The molecule has 0 bridgehead atoms. The summed E-state index contributed by atoms with van der Waals surface area (Å²) in [5.74, 6) is -0.480. The van der Waals surface area contributed by atoms with Crippen LogP contribution in [0.15, 0.2) is 54.6 Å². The Morgan fingerprint density at radius 1 is 1.00 bits per heavy atom. The minimum Gasteiger partial charge on any atom is -0.319 e. The molecule has 31 heavy (non-hydrogen) atoms. The summed E-state index contributed by atoms with van der Waals surface area (Å²) in [4.78, 5) is 28.3. The van der Waals surface area contributed by atoms with E-state index < -0.39 is 36.9 Å². The lowest BCUT2D eigenvalue weighted by atomic mass is 9.84. The normalized spacial score (nSPS) is 21.4. The quantitative estimate of drug-likeness (QED) is 0.723. The Morgan fingerprint density at radius 2 is 1.71 bits per heavy atom. The molecule has 0 aromatic heterocycles. The maximum Gasteiger partial charge on any atom is 0.401 e. The van der Waals surface area contributed by atoms with Gasteiger partial charge in [-0.1, -0.05) is 54.6 Å². The SMILES string of the molecule is O=C1NC2(CCCCc3ccccc32)C(=O)N1CN(Cc1ccccc1)CC(F)(F)F. The van der Waals surface area contributed by atoms with Crippen LogP contribution in [0.25, 0.3) is 0 Å². The van der Waals surface area contributed by atoms with E-state index in [0.717, 1.165) is 40.2 Å².